The monoisotopic (exact) mass is 414 g/mol. The van der Waals surface area contributed by atoms with Crippen molar-refractivity contribution in [1.82, 2.24) is 15.4 Å². The molecule has 0 atom stereocenters. The molecule has 0 saturated heterocycles. The third-order valence-corrected chi connectivity index (χ3v) is 6.21. The van der Waals surface area contributed by atoms with E-state index < -0.39 is 10.0 Å². The van der Waals surface area contributed by atoms with Gasteiger partial charge in [-0.25, -0.2) is 18.1 Å². The lowest BCUT2D eigenvalue weighted by molar-refractivity contribution is 0.581. The molecule has 0 aromatic heterocycles. The molecule has 0 aliphatic heterocycles. The SMILES string of the molecule is CCNC(=NCc1ccc(S(=O)(=O)NC2CC2)cc1)NCCCc1ccccc1. The number of sulfonamides is 1. The van der Waals surface area contributed by atoms with Crippen molar-refractivity contribution >= 4 is 16.0 Å². The Labute approximate surface area is 173 Å². The molecular weight excluding hydrogens is 384 g/mol. The number of rotatable bonds is 10. The van der Waals surface area contributed by atoms with Gasteiger partial charge in [0.05, 0.1) is 11.4 Å². The zero-order valence-corrected chi connectivity index (χ0v) is 17.7. The Hall–Kier alpha value is -2.38. The van der Waals surface area contributed by atoms with Gasteiger partial charge in [0.15, 0.2) is 5.96 Å². The van der Waals surface area contributed by atoms with Crippen molar-refractivity contribution in [3.8, 4) is 0 Å². The average molecular weight is 415 g/mol. The Bertz CT molecular complexity index is 892. The first-order chi connectivity index (χ1) is 14.1. The molecule has 0 heterocycles. The fourth-order valence-electron chi connectivity index (χ4n) is 2.92. The van der Waals surface area contributed by atoms with E-state index in [2.05, 4.69) is 44.6 Å². The Morgan fingerprint density at radius 2 is 1.72 bits per heavy atom. The van der Waals surface area contributed by atoms with E-state index in [0.717, 1.165) is 50.3 Å². The van der Waals surface area contributed by atoms with E-state index in [1.54, 1.807) is 12.1 Å². The molecule has 6 nitrogen and oxygen atoms in total. The van der Waals surface area contributed by atoms with Crippen LogP contribution >= 0.6 is 0 Å². The number of guanidine groups is 1. The van der Waals surface area contributed by atoms with Gasteiger partial charge >= 0.3 is 0 Å². The maximum Gasteiger partial charge on any atom is 0.240 e. The quantitative estimate of drug-likeness (QED) is 0.317. The number of hydrogen-bond acceptors (Lipinski definition) is 3. The van der Waals surface area contributed by atoms with E-state index in [1.807, 2.05) is 25.1 Å². The molecule has 3 N–H and O–H groups in total. The minimum Gasteiger partial charge on any atom is -0.357 e. The fourth-order valence-corrected chi connectivity index (χ4v) is 4.22. The van der Waals surface area contributed by atoms with Crippen molar-refractivity contribution < 1.29 is 8.42 Å². The van der Waals surface area contributed by atoms with Crippen molar-refractivity contribution in [2.75, 3.05) is 13.1 Å². The second-order valence-electron chi connectivity index (χ2n) is 7.25. The molecule has 0 unspecified atom stereocenters. The average Bonchev–Trinajstić information content (AvgIpc) is 3.53. The maximum atomic E-state index is 12.2. The Balaban J connectivity index is 1.49. The lowest BCUT2D eigenvalue weighted by Gasteiger charge is -2.11. The Morgan fingerprint density at radius 3 is 2.38 bits per heavy atom. The highest BCUT2D eigenvalue weighted by molar-refractivity contribution is 7.89. The molecule has 1 saturated carbocycles. The minimum atomic E-state index is -3.40. The van der Waals surface area contributed by atoms with E-state index >= 15 is 0 Å². The summed E-state index contributed by atoms with van der Waals surface area (Å²) in [6, 6.07) is 17.5. The molecule has 2 aromatic rings. The largest absolute Gasteiger partial charge is 0.357 e. The number of hydrogen-bond donors (Lipinski definition) is 3. The molecule has 0 bridgehead atoms. The van der Waals surface area contributed by atoms with Gasteiger partial charge in [0.2, 0.25) is 10.0 Å². The van der Waals surface area contributed by atoms with E-state index in [-0.39, 0.29) is 6.04 Å². The maximum absolute atomic E-state index is 12.2. The smallest absolute Gasteiger partial charge is 0.240 e. The summed E-state index contributed by atoms with van der Waals surface area (Å²) >= 11 is 0. The molecule has 0 amide bonds. The van der Waals surface area contributed by atoms with Crippen LogP contribution < -0.4 is 15.4 Å². The molecule has 2 aromatic carbocycles. The first-order valence-corrected chi connectivity index (χ1v) is 11.7. The summed E-state index contributed by atoms with van der Waals surface area (Å²) in [4.78, 5) is 4.92. The summed E-state index contributed by atoms with van der Waals surface area (Å²) in [5.41, 5.74) is 2.30. The number of aryl methyl sites for hydroxylation is 1. The van der Waals surface area contributed by atoms with Crippen LogP contribution in [0, 0.1) is 0 Å². The van der Waals surface area contributed by atoms with Crippen LogP contribution in [0.3, 0.4) is 0 Å². The third kappa shape index (κ3) is 7.18. The molecule has 1 fully saturated rings. The van der Waals surface area contributed by atoms with Gasteiger partial charge in [-0.1, -0.05) is 42.5 Å². The summed E-state index contributed by atoms with van der Waals surface area (Å²) in [6.07, 6.45) is 3.90. The highest BCUT2D eigenvalue weighted by Gasteiger charge is 2.27. The zero-order chi connectivity index (χ0) is 20.5. The van der Waals surface area contributed by atoms with Crippen LogP contribution in [-0.2, 0) is 23.0 Å². The zero-order valence-electron chi connectivity index (χ0n) is 16.9. The van der Waals surface area contributed by atoms with Crippen LogP contribution in [-0.4, -0.2) is 33.5 Å². The standard InChI is InChI=1S/C22H30N4O2S/c1-2-23-22(24-16-6-9-18-7-4-3-5-8-18)25-17-19-10-14-21(15-11-19)29(27,28)26-20-12-13-20/h3-5,7-8,10-11,14-15,20,26H,2,6,9,12-13,16-17H2,1H3,(H2,23,24,25). The van der Waals surface area contributed by atoms with Gasteiger partial charge in [-0.05, 0) is 55.9 Å². The summed E-state index contributed by atoms with van der Waals surface area (Å²) in [5.74, 6) is 0.771. The highest BCUT2D eigenvalue weighted by Crippen LogP contribution is 2.22. The van der Waals surface area contributed by atoms with Gasteiger partial charge < -0.3 is 10.6 Å². The molecule has 7 heteroatoms. The molecule has 1 aliphatic carbocycles. The van der Waals surface area contributed by atoms with Crippen molar-refractivity contribution in [1.29, 1.82) is 0 Å². The molecule has 29 heavy (non-hydrogen) atoms. The normalized spacial score (nSPS) is 14.6. The van der Waals surface area contributed by atoms with Gasteiger partial charge in [0.25, 0.3) is 0 Å². The van der Waals surface area contributed by atoms with Crippen molar-refractivity contribution in [3.63, 3.8) is 0 Å². The fraction of sp³-hybridized carbons (Fsp3) is 0.409. The van der Waals surface area contributed by atoms with E-state index in [1.165, 1.54) is 5.56 Å². The summed E-state index contributed by atoms with van der Waals surface area (Å²) in [6.45, 7) is 4.15. The topological polar surface area (TPSA) is 82.6 Å². The molecular formula is C22H30N4O2S. The minimum absolute atomic E-state index is 0.111. The van der Waals surface area contributed by atoms with Crippen LogP contribution in [0.2, 0.25) is 0 Å². The van der Waals surface area contributed by atoms with Crippen LogP contribution in [0.25, 0.3) is 0 Å². The summed E-state index contributed by atoms with van der Waals surface area (Å²) in [5, 5.41) is 6.61. The van der Waals surface area contributed by atoms with Gasteiger partial charge in [-0.15, -0.1) is 0 Å². The van der Waals surface area contributed by atoms with Gasteiger partial charge in [0.1, 0.15) is 0 Å². The molecule has 1 aliphatic rings. The predicted molar refractivity (Wildman–Crippen MR) is 117 cm³/mol. The molecule has 0 spiro atoms. The lowest BCUT2D eigenvalue weighted by atomic mass is 10.1. The van der Waals surface area contributed by atoms with Crippen molar-refractivity contribution in [2.24, 2.45) is 4.99 Å². The number of benzene rings is 2. The van der Waals surface area contributed by atoms with Crippen LogP contribution in [0.5, 0.6) is 0 Å². The van der Waals surface area contributed by atoms with E-state index in [9.17, 15) is 8.42 Å². The first kappa shape index (κ1) is 21.3. The number of nitrogens with zero attached hydrogens (tertiary/aromatic N) is 1. The van der Waals surface area contributed by atoms with Gasteiger partial charge in [0, 0.05) is 19.1 Å². The molecule has 156 valence electrons. The first-order valence-electron chi connectivity index (χ1n) is 10.2. The Kier molecular flexibility index (Phi) is 7.66. The second-order valence-corrected chi connectivity index (χ2v) is 8.96. The predicted octanol–water partition coefficient (Wildman–Crippen LogP) is 2.82. The van der Waals surface area contributed by atoms with Gasteiger partial charge in [-0.2, -0.15) is 0 Å². The van der Waals surface area contributed by atoms with Gasteiger partial charge in [-0.3, -0.25) is 0 Å². The van der Waals surface area contributed by atoms with Crippen molar-refractivity contribution in [3.05, 3.63) is 65.7 Å². The molecule has 3 rings (SSSR count). The molecule has 0 radical (unpaired) electrons. The van der Waals surface area contributed by atoms with Crippen LogP contribution in [0.4, 0.5) is 0 Å². The summed E-state index contributed by atoms with van der Waals surface area (Å²) < 4.78 is 27.2. The second kappa shape index (κ2) is 10.4. The highest BCUT2D eigenvalue weighted by atomic mass is 32.2. The lowest BCUT2D eigenvalue weighted by Crippen LogP contribution is -2.37. The Morgan fingerprint density at radius 1 is 1.00 bits per heavy atom. The van der Waals surface area contributed by atoms with E-state index in [4.69, 9.17) is 0 Å². The summed E-state index contributed by atoms with van der Waals surface area (Å²) in [7, 11) is -3.40. The van der Waals surface area contributed by atoms with Crippen molar-refractivity contribution in [2.45, 2.75) is 50.1 Å². The number of nitrogens with one attached hydrogen (secondary N) is 3. The van der Waals surface area contributed by atoms with E-state index in [0.29, 0.717) is 11.4 Å². The van der Waals surface area contributed by atoms with Crippen LogP contribution in [0.1, 0.15) is 37.3 Å². The number of aliphatic imine (C=N–C) groups is 1. The third-order valence-electron chi connectivity index (χ3n) is 4.67. The van der Waals surface area contributed by atoms with Crippen LogP contribution in [0.15, 0.2) is 64.5 Å².